The van der Waals surface area contributed by atoms with Crippen molar-refractivity contribution in [1.29, 1.82) is 0 Å². The summed E-state index contributed by atoms with van der Waals surface area (Å²) in [6.07, 6.45) is 0. The smallest absolute Gasteiger partial charge is 0.308 e. The number of fused-ring (bicyclic) bond motifs is 1. The molecule has 12 heteroatoms. The monoisotopic (exact) mass is 512 g/mol. The summed E-state index contributed by atoms with van der Waals surface area (Å²) >= 11 is 1.05. The van der Waals surface area contributed by atoms with Gasteiger partial charge < -0.3 is 5.32 Å². The van der Waals surface area contributed by atoms with Gasteiger partial charge in [-0.3, -0.25) is 28.6 Å². The number of nitro benzene ring substituents is 1. The Balaban J connectivity index is 1.67. The molecule has 1 N–H and O–H groups in total. The highest BCUT2D eigenvalue weighted by Crippen LogP contribution is 2.27. The first-order valence-electron chi connectivity index (χ1n) is 10.5. The number of anilines is 2. The molecule has 0 bridgehead atoms. The molecule has 0 fully saturated rings. The molecule has 3 aromatic carbocycles. The van der Waals surface area contributed by atoms with Gasteiger partial charge in [-0.1, -0.05) is 35.6 Å². The number of rotatable bonds is 8. The van der Waals surface area contributed by atoms with E-state index in [1.165, 1.54) is 30.3 Å². The van der Waals surface area contributed by atoms with Gasteiger partial charge in [0, 0.05) is 24.4 Å². The molecular weight excluding hydrogens is 492 g/mol. The number of aryl methyl sites for hydroxylation is 1. The number of nitro groups is 1. The number of benzene rings is 3. The Kier molecular flexibility index (Phi) is 6.67. The van der Waals surface area contributed by atoms with Gasteiger partial charge in [-0.05, 0) is 43.3 Å². The molecule has 180 valence electrons. The second-order valence-corrected chi connectivity index (χ2v) is 10.3. The summed E-state index contributed by atoms with van der Waals surface area (Å²) in [4.78, 5) is 35.5. The van der Waals surface area contributed by atoms with E-state index in [9.17, 15) is 28.1 Å². The lowest BCUT2D eigenvalue weighted by Gasteiger charge is -2.24. The van der Waals surface area contributed by atoms with Gasteiger partial charge in [0.1, 0.15) is 6.54 Å². The van der Waals surface area contributed by atoms with E-state index in [4.69, 9.17) is 0 Å². The number of carbonyl (C=O) groups excluding carboxylic acids is 1. The number of sulfonamides is 1. The van der Waals surface area contributed by atoms with E-state index in [1.54, 1.807) is 41.0 Å². The first kappa shape index (κ1) is 24.1. The average molecular weight is 513 g/mol. The summed E-state index contributed by atoms with van der Waals surface area (Å²) in [5.41, 5.74) is 0.803. The highest BCUT2D eigenvalue weighted by Gasteiger charge is 2.28. The van der Waals surface area contributed by atoms with Crippen LogP contribution < -0.4 is 14.5 Å². The minimum absolute atomic E-state index is 0.0214. The molecule has 35 heavy (non-hydrogen) atoms. The van der Waals surface area contributed by atoms with Crippen molar-refractivity contribution in [3.63, 3.8) is 0 Å². The Labute approximate surface area is 204 Å². The topological polar surface area (TPSA) is 132 Å². The van der Waals surface area contributed by atoms with E-state index in [0.29, 0.717) is 16.9 Å². The number of amides is 1. The van der Waals surface area contributed by atoms with Crippen LogP contribution in [0.5, 0.6) is 0 Å². The molecule has 1 heterocycles. The van der Waals surface area contributed by atoms with E-state index in [1.807, 2.05) is 6.92 Å². The lowest BCUT2D eigenvalue weighted by molar-refractivity contribution is -0.384. The molecule has 0 saturated heterocycles. The molecule has 0 atom stereocenters. The number of nitrogens with one attached hydrogen (secondary N) is 1. The summed E-state index contributed by atoms with van der Waals surface area (Å²) in [5.74, 6) is -0.655. The zero-order valence-electron chi connectivity index (χ0n) is 18.5. The van der Waals surface area contributed by atoms with Crippen LogP contribution in [0.2, 0.25) is 0 Å². The van der Waals surface area contributed by atoms with Crippen LogP contribution in [0.25, 0.3) is 10.2 Å². The minimum atomic E-state index is -4.22. The summed E-state index contributed by atoms with van der Waals surface area (Å²) < 4.78 is 29.9. The third-order valence-electron chi connectivity index (χ3n) is 5.22. The van der Waals surface area contributed by atoms with Crippen molar-refractivity contribution in [2.24, 2.45) is 0 Å². The highest BCUT2D eigenvalue weighted by atomic mass is 32.2. The number of thiazole rings is 1. The van der Waals surface area contributed by atoms with Gasteiger partial charge in [0.15, 0.2) is 0 Å². The van der Waals surface area contributed by atoms with Crippen molar-refractivity contribution < 1.29 is 18.1 Å². The molecule has 10 nitrogen and oxygen atoms in total. The minimum Gasteiger partial charge on any atom is -0.324 e. The maximum Gasteiger partial charge on any atom is 0.308 e. The SMILES string of the molecule is CCn1c(=O)sc2cc(NC(=O)CN(c3cccc([N+](=O)[O-])c3)S(=O)(=O)c3ccccc3)ccc21. The fourth-order valence-electron chi connectivity index (χ4n) is 3.57. The van der Waals surface area contributed by atoms with Crippen molar-refractivity contribution in [3.8, 4) is 0 Å². The second kappa shape index (κ2) is 9.68. The van der Waals surface area contributed by atoms with Gasteiger partial charge in [0.2, 0.25) is 5.91 Å². The number of non-ortho nitro benzene ring substituents is 1. The second-order valence-electron chi connectivity index (χ2n) is 7.44. The highest BCUT2D eigenvalue weighted by molar-refractivity contribution is 7.92. The van der Waals surface area contributed by atoms with Crippen LogP contribution in [0, 0.1) is 10.1 Å². The van der Waals surface area contributed by atoms with Crippen molar-refractivity contribution in [1.82, 2.24) is 4.57 Å². The number of hydrogen-bond acceptors (Lipinski definition) is 7. The standard InChI is InChI=1S/C23H20N4O6S2/c1-2-25-20-12-11-16(13-21(20)34-23(25)29)24-22(28)15-26(17-7-6-8-18(14-17)27(30)31)35(32,33)19-9-4-3-5-10-19/h3-14H,2,15H2,1H3,(H,24,28). The first-order chi connectivity index (χ1) is 16.7. The predicted octanol–water partition coefficient (Wildman–Crippen LogP) is 3.83. The molecule has 1 amide bonds. The fraction of sp³-hybridized carbons (Fsp3) is 0.130. The van der Waals surface area contributed by atoms with Crippen LogP contribution in [0.4, 0.5) is 17.1 Å². The molecule has 4 aromatic rings. The van der Waals surface area contributed by atoms with Crippen LogP contribution in [0.3, 0.4) is 0 Å². The van der Waals surface area contributed by atoms with E-state index in [-0.39, 0.29) is 21.1 Å². The van der Waals surface area contributed by atoms with Gasteiger partial charge in [-0.25, -0.2) is 8.42 Å². The number of hydrogen-bond donors (Lipinski definition) is 1. The summed E-state index contributed by atoms with van der Waals surface area (Å²) in [6.45, 7) is 1.75. The van der Waals surface area contributed by atoms with E-state index >= 15 is 0 Å². The Morgan fingerprint density at radius 3 is 2.51 bits per heavy atom. The molecule has 0 aliphatic rings. The first-order valence-corrected chi connectivity index (χ1v) is 12.7. The van der Waals surface area contributed by atoms with Gasteiger partial charge in [0.05, 0.1) is 25.7 Å². The maximum atomic E-state index is 13.4. The van der Waals surface area contributed by atoms with Crippen LogP contribution in [-0.4, -0.2) is 30.4 Å². The van der Waals surface area contributed by atoms with E-state index in [2.05, 4.69) is 5.32 Å². The number of aromatic nitrogens is 1. The molecule has 0 radical (unpaired) electrons. The summed E-state index contributed by atoms with van der Waals surface area (Å²) in [6, 6.07) is 17.6. The molecule has 1 aromatic heterocycles. The largest absolute Gasteiger partial charge is 0.324 e. The molecule has 0 unspecified atom stereocenters. The van der Waals surface area contributed by atoms with Crippen molar-refractivity contribution in [2.45, 2.75) is 18.4 Å². The number of nitrogens with zero attached hydrogens (tertiary/aromatic N) is 3. The zero-order chi connectivity index (χ0) is 25.2. The van der Waals surface area contributed by atoms with Crippen molar-refractivity contribution >= 4 is 54.5 Å². The third kappa shape index (κ3) is 4.93. The van der Waals surface area contributed by atoms with Crippen LogP contribution in [-0.2, 0) is 21.4 Å². The zero-order valence-corrected chi connectivity index (χ0v) is 20.1. The molecule has 0 aliphatic heterocycles. The van der Waals surface area contributed by atoms with Crippen molar-refractivity contribution in [3.05, 3.63) is 92.6 Å². The summed E-state index contributed by atoms with van der Waals surface area (Å²) in [7, 11) is -4.22. The third-order valence-corrected chi connectivity index (χ3v) is 7.95. The Morgan fingerprint density at radius 2 is 1.83 bits per heavy atom. The Morgan fingerprint density at radius 1 is 1.09 bits per heavy atom. The Bertz CT molecular complexity index is 1580. The van der Waals surface area contributed by atoms with Gasteiger partial charge >= 0.3 is 4.87 Å². The Hall–Kier alpha value is -4.03. The van der Waals surface area contributed by atoms with Crippen molar-refractivity contribution in [2.75, 3.05) is 16.2 Å². The molecular formula is C23H20N4O6S2. The maximum absolute atomic E-state index is 13.4. The average Bonchev–Trinajstić information content (AvgIpc) is 3.17. The fourth-order valence-corrected chi connectivity index (χ4v) is 6.00. The summed E-state index contributed by atoms with van der Waals surface area (Å²) in [5, 5.41) is 13.9. The molecule has 0 spiro atoms. The van der Waals surface area contributed by atoms with E-state index in [0.717, 1.165) is 27.2 Å². The van der Waals surface area contributed by atoms with Gasteiger partial charge in [-0.15, -0.1) is 0 Å². The molecule has 4 rings (SSSR count). The predicted molar refractivity (Wildman–Crippen MR) is 134 cm³/mol. The lowest BCUT2D eigenvalue weighted by Crippen LogP contribution is -2.38. The van der Waals surface area contributed by atoms with Gasteiger partial charge in [-0.2, -0.15) is 0 Å². The van der Waals surface area contributed by atoms with E-state index < -0.39 is 27.4 Å². The molecule has 0 saturated carbocycles. The molecule has 0 aliphatic carbocycles. The lowest BCUT2D eigenvalue weighted by atomic mass is 10.2. The quantitative estimate of drug-likeness (QED) is 0.282. The van der Waals surface area contributed by atoms with Crippen LogP contribution in [0.1, 0.15) is 6.92 Å². The normalized spacial score (nSPS) is 11.3. The van der Waals surface area contributed by atoms with Crippen LogP contribution >= 0.6 is 11.3 Å². The van der Waals surface area contributed by atoms with Gasteiger partial charge in [0.25, 0.3) is 15.7 Å². The number of carbonyl (C=O) groups is 1. The van der Waals surface area contributed by atoms with Crippen LogP contribution in [0.15, 0.2) is 82.5 Å².